The van der Waals surface area contributed by atoms with Gasteiger partial charge in [-0.1, -0.05) is 60.7 Å². The summed E-state index contributed by atoms with van der Waals surface area (Å²) >= 11 is 0. The molecule has 0 saturated carbocycles. The molecule has 2 aromatic carbocycles. The van der Waals surface area contributed by atoms with Crippen molar-refractivity contribution in [3.8, 4) is 16.8 Å². The second-order valence-electron chi connectivity index (χ2n) is 3.73. The Hall–Kier alpha value is -1.55. The van der Waals surface area contributed by atoms with Gasteiger partial charge in [0.2, 0.25) is 0 Å². The van der Waals surface area contributed by atoms with Crippen molar-refractivity contribution in [2.24, 2.45) is 0 Å². The molecular formula is C16H17OP. The van der Waals surface area contributed by atoms with E-state index in [4.69, 9.17) is 0 Å². The van der Waals surface area contributed by atoms with Crippen molar-refractivity contribution in [1.82, 2.24) is 0 Å². The number of benzene rings is 2. The zero-order chi connectivity index (χ0) is 13.1. The van der Waals surface area contributed by atoms with Gasteiger partial charge in [-0.2, -0.15) is 0 Å². The van der Waals surface area contributed by atoms with E-state index in [9.17, 15) is 4.57 Å². The molecule has 0 bridgehead atoms. The van der Waals surface area contributed by atoms with Crippen LogP contribution < -0.4 is 0 Å². The van der Waals surface area contributed by atoms with Crippen LogP contribution in [0.25, 0.3) is 11.1 Å². The number of hydrogen-bond donors (Lipinski definition) is 0. The monoisotopic (exact) mass is 256 g/mol. The maximum atomic E-state index is 9.55. The standard InChI is InChI=1S/C12H10.C4H7OP/c1-3-7-11(8-4-1)12-9-5-2-6-10-12;1-2-3-4-6-5/h1-10H;2-3H2,1H3. The van der Waals surface area contributed by atoms with Crippen LogP contribution in [0.1, 0.15) is 19.8 Å². The number of rotatable bonds is 2. The Labute approximate surface area is 110 Å². The molecule has 1 nitrogen and oxygen atoms in total. The van der Waals surface area contributed by atoms with Crippen molar-refractivity contribution in [1.29, 1.82) is 0 Å². The first-order chi connectivity index (χ1) is 8.88. The van der Waals surface area contributed by atoms with Crippen LogP contribution in [-0.2, 0) is 4.57 Å². The van der Waals surface area contributed by atoms with Gasteiger partial charge in [-0.15, -0.1) is 0 Å². The summed E-state index contributed by atoms with van der Waals surface area (Å²) in [7, 11) is 0.0454. The van der Waals surface area contributed by atoms with Gasteiger partial charge < -0.3 is 0 Å². The molecule has 0 fully saturated rings. The third-order valence-corrected chi connectivity index (χ3v) is 2.66. The minimum atomic E-state index is 0.0454. The van der Waals surface area contributed by atoms with Crippen LogP contribution in [-0.4, -0.2) is 0 Å². The molecule has 0 aromatic heterocycles. The number of unbranched alkanes of at least 4 members (excludes halogenated alkanes) is 1. The van der Waals surface area contributed by atoms with E-state index in [0.29, 0.717) is 0 Å². The molecule has 2 heteroatoms. The van der Waals surface area contributed by atoms with Crippen LogP contribution in [0.2, 0.25) is 0 Å². The second kappa shape index (κ2) is 9.48. The second-order valence-corrected chi connectivity index (χ2v) is 4.23. The van der Waals surface area contributed by atoms with Gasteiger partial charge in [0.05, 0.1) is 0 Å². The van der Waals surface area contributed by atoms with Crippen molar-refractivity contribution in [3.63, 3.8) is 0 Å². The van der Waals surface area contributed by atoms with Crippen molar-refractivity contribution >= 4 is 7.92 Å². The fourth-order valence-electron chi connectivity index (χ4n) is 1.42. The first kappa shape index (κ1) is 14.5. The molecule has 0 atom stereocenters. The average molecular weight is 256 g/mol. The van der Waals surface area contributed by atoms with E-state index in [1.54, 1.807) is 0 Å². The van der Waals surface area contributed by atoms with Crippen LogP contribution in [0, 0.1) is 5.63 Å². The minimum absolute atomic E-state index is 0.0454. The maximum Gasteiger partial charge on any atom is -0.0184 e. The van der Waals surface area contributed by atoms with Crippen LogP contribution in [0.15, 0.2) is 60.7 Å². The summed E-state index contributed by atoms with van der Waals surface area (Å²) in [4.78, 5) is 0. The van der Waals surface area contributed by atoms with Crippen LogP contribution in [0.5, 0.6) is 0 Å². The van der Waals surface area contributed by atoms with E-state index < -0.39 is 0 Å². The van der Waals surface area contributed by atoms with Gasteiger partial charge >= 0.3 is 37.9 Å². The quantitative estimate of drug-likeness (QED) is 0.658. The summed E-state index contributed by atoms with van der Waals surface area (Å²) in [5.74, 6) is 0. The van der Waals surface area contributed by atoms with Gasteiger partial charge in [0.15, 0.2) is 0 Å². The van der Waals surface area contributed by atoms with Gasteiger partial charge in [0.25, 0.3) is 0 Å². The van der Waals surface area contributed by atoms with Gasteiger partial charge in [-0.05, 0) is 11.1 Å². The maximum absolute atomic E-state index is 9.55. The molecule has 0 spiro atoms. The van der Waals surface area contributed by atoms with E-state index in [-0.39, 0.29) is 7.92 Å². The van der Waals surface area contributed by atoms with Crippen molar-refractivity contribution < 1.29 is 4.57 Å². The van der Waals surface area contributed by atoms with Gasteiger partial charge in [-0.3, -0.25) is 0 Å². The third kappa shape index (κ3) is 5.68. The van der Waals surface area contributed by atoms with E-state index in [2.05, 4.69) is 54.2 Å². The normalized spacial score (nSPS) is 8.72. The fraction of sp³-hybridized carbons (Fsp3) is 0.188. The van der Waals surface area contributed by atoms with E-state index in [1.807, 2.05) is 19.1 Å². The van der Waals surface area contributed by atoms with Crippen LogP contribution in [0.4, 0.5) is 0 Å². The molecule has 0 unspecified atom stereocenters. The van der Waals surface area contributed by atoms with Gasteiger partial charge in [0.1, 0.15) is 0 Å². The Morgan fingerprint density at radius 2 is 1.33 bits per heavy atom. The molecule has 0 aliphatic rings. The summed E-state index contributed by atoms with van der Waals surface area (Å²) in [6.07, 6.45) is 1.88. The molecule has 92 valence electrons. The topological polar surface area (TPSA) is 17.1 Å². The molecular weight excluding hydrogens is 239 g/mol. The Morgan fingerprint density at radius 3 is 1.61 bits per heavy atom. The molecule has 2 rings (SSSR count). The summed E-state index contributed by atoms with van der Waals surface area (Å²) in [6, 6.07) is 20.8. The molecule has 0 radical (unpaired) electrons. The first-order valence-electron chi connectivity index (χ1n) is 6.04. The van der Waals surface area contributed by atoms with Gasteiger partial charge in [-0.25, -0.2) is 0 Å². The van der Waals surface area contributed by atoms with E-state index in [0.717, 1.165) is 12.8 Å². The molecule has 0 heterocycles. The van der Waals surface area contributed by atoms with Crippen molar-refractivity contribution in [2.45, 2.75) is 19.8 Å². The summed E-state index contributed by atoms with van der Waals surface area (Å²) < 4.78 is 9.55. The summed E-state index contributed by atoms with van der Waals surface area (Å²) in [6.45, 7) is 2.03. The van der Waals surface area contributed by atoms with E-state index >= 15 is 0 Å². The smallest absolute Gasteiger partial charge is 0.0184 e. The molecule has 18 heavy (non-hydrogen) atoms. The van der Waals surface area contributed by atoms with Crippen molar-refractivity contribution in [2.75, 3.05) is 0 Å². The largest absolute Gasteiger partial charge is 0.0622 e. The summed E-state index contributed by atoms with van der Waals surface area (Å²) in [5, 5.41) is 0. The SMILES string of the molecule is CCCC#P=O.c1ccc(-c2ccccc2)cc1. The van der Waals surface area contributed by atoms with Crippen LogP contribution in [0.3, 0.4) is 0 Å². The predicted octanol–water partition coefficient (Wildman–Crippen LogP) is 5.39. The van der Waals surface area contributed by atoms with E-state index in [1.165, 1.54) is 11.1 Å². The fourth-order valence-corrected chi connectivity index (χ4v) is 1.73. The zero-order valence-corrected chi connectivity index (χ0v) is 11.4. The predicted molar refractivity (Wildman–Crippen MR) is 78.3 cm³/mol. The summed E-state index contributed by atoms with van der Waals surface area (Å²) in [5.41, 5.74) is 5.17. The molecule has 2 aromatic rings. The number of hydrogen-bond acceptors (Lipinski definition) is 1. The van der Waals surface area contributed by atoms with Gasteiger partial charge in [0, 0.05) is 0 Å². The van der Waals surface area contributed by atoms with Crippen molar-refractivity contribution in [3.05, 3.63) is 60.7 Å². The molecule has 0 N–H and O–H groups in total. The molecule has 0 aliphatic carbocycles. The van der Waals surface area contributed by atoms with Crippen LogP contribution >= 0.6 is 7.92 Å². The average Bonchev–Trinajstić information content (AvgIpc) is 2.48. The Balaban J connectivity index is 0.000000232. The first-order valence-corrected chi connectivity index (χ1v) is 6.85. The Bertz CT molecular complexity index is 491. The molecule has 0 saturated heterocycles. The zero-order valence-electron chi connectivity index (χ0n) is 10.5. The minimum Gasteiger partial charge on any atom is -0.0622 e. The third-order valence-electron chi connectivity index (χ3n) is 2.31. The molecule has 0 aliphatic heterocycles. The Morgan fingerprint density at radius 1 is 0.889 bits per heavy atom. The Kier molecular flexibility index (Phi) is 7.64. The molecule has 0 amide bonds.